The highest BCUT2D eigenvalue weighted by molar-refractivity contribution is 5.43. The van der Waals surface area contributed by atoms with E-state index in [0.29, 0.717) is 18.4 Å². The molecule has 1 aromatic rings. The van der Waals surface area contributed by atoms with Crippen molar-refractivity contribution in [2.45, 2.75) is 32.3 Å². The number of nitrogens with two attached hydrogens (primary N) is 1. The number of aromatic nitrogens is 3. The van der Waals surface area contributed by atoms with Gasteiger partial charge < -0.3 is 20.6 Å². The highest BCUT2D eigenvalue weighted by atomic mass is 16.3. The number of likely N-dealkylation sites (N-methyl/N-ethyl adjacent to an activating group) is 1. The first kappa shape index (κ1) is 13.8. The van der Waals surface area contributed by atoms with Crippen LogP contribution in [0.4, 0.5) is 17.8 Å². The van der Waals surface area contributed by atoms with Gasteiger partial charge in [-0.2, -0.15) is 15.0 Å². The van der Waals surface area contributed by atoms with E-state index in [-0.39, 0.29) is 5.95 Å². The van der Waals surface area contributed by atoms with E-state index in [1.165, 1.54) is 0 Å². The normalized spacial score (nSPS) is 15.9. The Labute approximate surface area is 113 Å². The average Bonchev–Trinajstić information content (AvgIpc) is 2.79. The quantitative estimate of drug-likeness (QED) is 0.807. The number of hydrogen-bond donors (Lipinski definition) is 2. The first-order valence-electron chi connectivity index (χ1n) is 6.55. The Kier molecular flexibility index (Phi) is 3.75. The van der Waals surface area contributed by atoms with Crippen LogP contribution in [-0.2, 0) is 0 Å². The van der Waals surface area contributed by atoms with Crippen molar-refractivity contribution in [3.8, 4) is 0 Å². The molecule has 7 heteroatoms. The van der Waals surface area contributed by atoms with E-state index in [0.717, 1.165) is 25.9 Å². The largest absolute Gasteiger partial charge is 0.389 e. The third kappa shape index (κ3) is 3.66. The molecule has 106 valence electrons. The van der Waals surface area contributed by atoms with E-state index >= 15 is 0 Å². The first-order valence-corrected chi connectivity index (χ1v) is 6.55. The highest BCUT2D eigenvalue weighted by Crippen LogP contribution is 2.19. The molecule has 0 radical (unpaired) electrons. The summed E-state index contributed by atoms with van der Waals surface area (Å²) in [4.78, 5) is 16.7. The van der Waals surface area contributed by atoms with E-state index < -0.39 is 5.60 Å². The summed E-state index contributed by atoms with van der Waals surface area (Å²) in [5.41, 5.74) is 4.93. The molecule has 0 saturated carbocycles. The molecule has 0 bridgehead atoms. The van der Waals surface area contributed by atoms with Crippen molar-refractivity contribution in [2.75, 3.05) is 42.2 Å². The van der Waals surface area contributed by atoms with Gasteiger partial charge in [-0.15, -0.1) is 0 Å². The minimum Gasteiger partial charge on any atom is -0.389 e. The Bertz CT molecular complexity index is 438. The minimum absolute atomic E-state index is 0.217. The van der Waals surface area contributed by atoms with E-state index in [1.54, 1.807) is 18.7 Å². The third-order valence-corrected chi connectivity index (χ3v) is 2.98. The maximum absolute atomic E-state index is 9.84. The molecule has 0 amide bonds. The lowest BCUT2D eigenvalue weighted by atomic mass is 10.1. The van der Waals surface area contributed by atoms with Gasteiger partial charge in [0, 0.05) is 26.7 Å². The standard InChI is InChI=1S/C12H22N6O/c1-12(2,19)8-17(3)10-14-9(13)15-11(16-10)18-6-4-5-7-18/h19H,4-8H2,1-3H3,(H2,13,14,15,16). The maximum atomic E-state index is 9.84. The van der Waals surface area contributed by atoms with Gasteiger partial charge in [0.2, 0.25) is 17.8 Å². The van der Waals surface area contributed by atoms with Crippen molar-refractivity contribution in [2.24, 2.45) is 0 Å². The number of rotatable bonds is 4. The van der Waals surface area contributed by atoms with Gasteiger partial charge in [0.05, 0.1) is 5.60 Å². The molecule has 0 unspecified atom stereocenters. The van der Waals surface area contributed by atoms with Crippen molar-refractivity contribution in [1.29, 1.82) is 0 Å². The van der Waals surface area contributed by atoms with Crippen molar-refractivity contribution in [3.63, 3.8) is 0 Å². The van der Waals surface area contributed by atoms with E-state index in [9.17, 15) is 5.11 Å². The molecule has 2 heterocycles. The second-order valence-electron chi connectivity index (χ2n) is 5.66. The predicted molar refractivity (Wildman–Crippen MR) is 75.3 cm³/mol. The van der Waals surface area contributed by atoms with Gasteiger partial charge in [0.1, 0.15) is 0 Å². The van der Waals surface area contributed by atoms with Crippen LogP contribution in [0.5, 0.6) is 0 Å². The van der Waals surface area contributed by atoms with E-state index in [2.05, 4.69) is 19.9 Å². The molecule has 19 heavy (non-hydrogen) atoms. The lowest BCUT2D eigenvalue weighted by molar-refractivity contribution is 0.0883. The molecule has 7 nitrogen and oxygen atoms in total. The van der Waals surface area contributed by atoms with Crippen LogP contribution in [0.3, 0.4) is 0 Å². The van der Waals surface area contributed by atoms with Gasteiger partial charge in [-0.1, -0.05) is 0 Å². The van der Waals surface area contributed by atoms with Gasteiger partial charge in [-0.3, -0.25) is 0 Å². The molecule has 0 atom stereocenters. The smallest absolute Gasteiger partial charge is 0.231 e. The van der Waals surface area contributed by atoms with Gasteiger partial charge in [0.25, 0.3) is 0 Å². The fourth-order valence-electron chi connectivity index (χ4n) is 2.25. The van der Waals surface area contributed by atoms with Crippen LogP contribution in [0.25, 0.3) is 0 Å². The molecule has 1 saturated heterocycles. The molecule has 0 spiro atoms. The Hall–Kier alpha value is -1.63. The molecule has 1 aromatic heterocycles. The van der Waals surface area contributed by atoms with Gasteiger partial charge in [-0.05, 0) is 26.7 Å². The highest BCUT2D eigenvalue weighted by Gasteiger charge is 2.21. The second-order valence-corrected chi connectivity index (χ2v) is 5.66. The Morgan fingerprint density at radius 3 is 2.47 bits per heavy atom. The van der Waals surface area contributed by atoms with Crippen LogP contribution >= 0.6 is 0 Å². The Morgan fingerprint density at radius 2 is 1.89 bits per heavy atom. The zero-order valence-electron chi connectivity index (χ0n) is 11.8. The van der Waals surface area contributed by atoms with Crippen molar-refractivity contribution >= 4 is 17.8 Å². The number of nitrogen functional groups attached to an aromatic ring is 1. The molecule has 1 fully saturated rings. The van der Waals surface area contributed by atoms with Crippen molar-refractivity contribution in [1.82, 2.24) is 15.0 Å². The molecule has 1 aliphatic heterocycles. The lowest BCUT2D eigenvalue weighted by Crippen LogP contribution is -2.37. The summed E-state index contributed by atoms with van der Waals surface area (Å²) in [5.74, 6) is 1.34. The summed E-state index contributed by atoms with van der Waals surface area (Å²) in [6.07, 6.45) is 2.31. The van der Waals surface area contributed by atoms with Crippen LogP contribution < -0.4 is 15.5 Å². The Morgan fingerprint density at radius 1 is 1.26 bits per heavy atom. The Balaban J connectivity index is 2.20. The van der Waals surface area contributed by atoms with Crippen LogP contribution in [0, 0.1) is 0 Å². The van der Waals surface area contributed by atoms with E-state index in [4.69, 9.17) is 5.73 Å². The summed E-state index contributed by atoms with van der Waals surface area (Å²) in [6.45, 7) is 5.83. The van der Waals surface area contributed by atoms with Crippen LogP contribution in [0.2, 0.25) is 0 Å². The predicted octanol–water partition coefficient (Wildman–Crippen LogP) is 0.261. The SMILES string of the molecule is CN(CC(C)(C)O)c1nc(N)nc(N2CCCC2)n1. The summed E-state index contributed by atoms with van der Waals surface area (Å²) in [7, 11) is 1.83. The van der Waals surface area contributed by atoms with Crippen molar-refractivity contribution < 1.29 is 5.11 Å². The zero-order chi connectivity index (χ0) is 14.0. The van der Waals surface area contributed by atoms with Crippen LogP contribution in [0.15, 0.2) is 0 Å². The van der Waals surface area contributed by atoms with Crippen LogP contribution in [-0.4, -0.2) is 52.3 Å². The molecule has 0 aliphatic carbocycles. The number of anilines is 3. The summed E-state index contributed by atoms with van der Waals surface area (Å²) >= 11 is 0. The first-order chi connectivity index (χ1) is 8.85. The summed E-state index contributed by atoms with van der Waals surface area (Å²) < 4.78 is 0. The molecule has 2 rings (SSSR count). The average molecular weight is 266 g/mol. The molecular formula is C12H22N6O. The molecule has 0 aromatic carbocycles. The summed E-state index contributed by atoms with van der Waals surface area (Å²) in [6, 6.07) is 0. The van der Waals surface area contributed by atoms with Crippen molar-refractivity contribution in [3.05, 3.63) is 0 Å². The zero-order valence-corrected chi connectivity index (χ0v) is 11.8. The summed E-state index contributed by atoms with van der Waals surface area (Å²) in [5, 5.41) is 9.84. The number of aliphatic hydroxyl groups is 1. The molecule has 1 aliphatic rings. The fourth-order valence-corrected chi connectivity index (χ4v) is 2.25. The number of hydrogen-bond acceptors (Lipinski definition) is 7. The maximum Gasteiger partial charge on any atom is 0.231 e. The van der Waals surface area contributed by atoms with Gasteiger partial charge >= 0.3 is 0 Å². The second kappa shape index (κ2) is 5.16. The van der Waals surface area contributed by atoms with Crippen LogP contribution in [0.1, 0.15) is 26.7 Å². The van der Waals surface area contributed by atoms with Gasteiger partial charge in [0.15, 0.2) is 0 Å². The number of nitrogens with zero attached hydrogens (tertiary/aromatic N) is 5. The van der Waals surface area contributed by atoms with E-state index in [1.807, 2.05) is 7.05 Å². The third-order valence-electron chi connectivity index (χ3n) is 2.98. The monoisotopic (exact) mass is 266 g/mol. The topological polar surface area (TPSA) is 91.4 Å². The molecule has 3 N–H and O–H groups in total. The van der Waals surface area contributed by atoms with Gasteiger partial charge in [-0.25, -0.2) is 0 Å². The molecular weight excluding hydrogens is 244 g/mol. The fraction of sp³-hybridized carbons (Fsp3) is 0.750. The minimum atomic E-state index is -0.816. The lowest BCUT2D eigenvalue weighted by Gasteiger charge is -2.26.